The summed E-state index contributed by atoms with van der Waals surface area (Å²) in [5.41, 5.74) is -0.752. The summed E-state index contributed by atoms with van der Waals surface area (Å²) in [5.74, 6) is -1.72. The standard InChI is InChI=1S/C43H89NO8Si4/c1-26-27-31(2)37-43(15,50-37)38(52-56(24,25)42(12,13)14)33(30-49-54(20,21)40(6,7)8)36(46)32(29-48-53(18,19)39(3,4)5)34(28-35(45)44(16)47-17)51-55(22,23)41(9,10)11/h26-27,31-34,37-38H,28-30H2,1-25H3/b27-26-/t31-,32-,33-,34+,37+,38-,43?/m0/s1. The van der Waals surface area contributed by atoms with E-state index in [4.69, 9.17) is 27.3 Å². The Kier molecular flexibility index (Phi) is 17.8. The molecule has 0 N–H and O–H groups in total. The SMILES string of the molecule is C/C=C\[C@H](C)[C@H]1OC1(C)[C@@H](O[Si](C)(C)C(C)(C)C)[C@@H](CO[Si](C)(C)C(C)(C)C)C(=O)[C@@H](CO[Si](C)(C)C(C)(C)C)[C@@H](CC(=O)N(C)OC)O[Si](C)(C)C(C)(C)C. The molecule has 1 saturated heterocycles. The molecule has 0 aromatic carbocycles. The number of hydrogen-bond acceptors (Lipinski definition) is 8. The summed E-state index contributed by atoms with van der Waals surface area (Å²) < 4.78 is 35.5. The van der Waals surface area contributed by atoms with Crippen molar-refractivity contribution < 1.29 is 36.9 Å². The highest BCUT2D eigenvalue weighted by molar-refractivity contribution is 6.75. The second-order valence-electron chi connectivity index (χ2n) is 22.9. The van der Waals surface area contributed by atoms with Crippen LogP contribution in [0.5, 0.6) is 0 Å². The van der Waals surface area contributed by atoms with Crippen molar-refractivity contribution in [2.24, 2.45) is 17.8 Å². The maximum Gasteiger partial charge on any atom is 0.248 e. The minimum Gasteiger partial charge on any atom is -0.416 e. The third kappa shape index (κ3) is 13.3. The van der Waals surface area contributed by atoms with E-state index in [0.29, 0.717) is 0 Å². The van der Waals surface area contributed by atoms with Gasteiger partial charge in [-0.3, -0.25) is 14.4 Å². The highest BCUT2D eigenvalue weighted by atomic mass is 28.4. The minimum absolute atomic E-state index is 0.0353. The normalized spacial score (nSPS) is 22.1. The fraction of sp³-hybridized carbons (Fsp3) is 0.907. The Morgan fingerprint density at radius 2 is 1.11 bits per heavy atom. The number of rotatable bonds is 20. The van der Waals surface area contributed by atoms with Crippen LogP contribution < -0.4 is 0 Å². The van der Waals surface area contributed by atoms with E-state index < -0.39 is 62.9 Å². The number of ether oxygens (including phenoxy) is 1. The first kappa shape index (κ1) is 53.5. The van der Waals surface area contributed by atoms with Crippen LogP contribution in [0.25, 0.3) is 0 Å². The van der Waals surface area contributed by atoms with Gasteiger partial charge in [-0.1, -0.05) is 102 Å². The van der Waals surface area contributed by atoms with Crippen LogP contribution in [0.2, 0.25) is 72.5 Å². The van der Waals surface area contributed by atoms with Crippen LogP contribution in [-0.2, 0) is 36.9 Å². The number of Topliss-reactive ketones (excluding diaryl/α,β-unsaturated/α-hetero) is 1. The molecule has 1 heterocycles. The Morgan fingerprint density at radius 3 is 1.48 bits per heavy atom. The monoisotopic (exact) mass is 860 g/mol. The summed E-state index contributed by atoms with van der Waals surface area (Å²) in [7, 11) is -6.72. The van der Waals surface area contributed by atoms with E-state index >= 15 is 4.79 Å². The zero-order valence-corrected chi connectivity index (χ0v) is 45.0. The summed E-state index contributed by atoms with van der Waals surface area (Å²) in [6.45, 7) is 50.8. The van der Waals surface area contributed by atoms with Gasteiger partial charge in [0.2, 0.25) is 5.91 Å². The zero-order valence-electron chi connectivity index (χ0n) is 41.0. The first-order valence-corrected chi connectivity index (χ1v) is 32.7. The van der Waals surface area contributed by atoms with E-state index in [0.717, 1.165) is 0 Å². The van der Waals surface area contributed by atoms with Gasteiger partial charge in [-0.05, 0) is 86.4 Å². The molecule has 7 atom stereocenters. The van der Waals surface area contributed by atoms with Crippen LogP contribution in [0.15, 0.2) is 12.2 Å². The van der Waals surface area contributed by atoms with Crippen molar-refractivity contribution in [3.8, 4) is 0 Å². The second kappa shape index (κ2) is 18.6. The Bertz CT molecular complexity index is 1340. The van der Waals surface area contributed by atoms with E-state index in [1.165, 1.54) is 12.2 Å². The molecule has 0 aromatic rings. The molecule has 1 aliphatic heterocycles. The minimum atomic E-state index is -2.55. The smallest absolute Gasteiger partial charge is 0.248 e. The molecule has 0 spiro atoms. The Labute approximate surface area is 349 Å². The molecule has 0 saturated carbocycles. The molecule has 0 aromatic heterocycles. The third-order valence-electron chi connectivity index (χ3n) is 14.3. The van der Waals surface area contributed by atoms with Crippen molar-refractivity contribution in [3.63, 3.8) is 0 Å². The summed E-state index contributed by atoms with van der Waals surface area (Å²) >= 11 is 0. The molecule has 1 amide bonds. The topological polar surface area (TPSA) is 96.1 Å². The van der Waals surface area contributed by atoms with Crippen molar-refractivity contribution in [2.75, 3.05) is 27.4 Å². The van der Waals surface area contributed by atoms with Crippen LogP contribution in [-0.4, -0.2) is 101 Å². The average Bonchev–Trinajstić information content (AvgIpc) is 3.70. The van der Waals surface area contributed by atoms with Crippen LogP contribution in [0.4, 0.5) is 0 Å². The van der Waals surface area contributed by atoms with Gasteiger partial charge in [0.25, 0.3) is 0 Å². The maximum absolute atomic E-state index is 16.1. The fourth-order valence-corrected chi connectivity index (χ4v) is 10.6. The predicted octanol–water partition coefficient (Wildman–Crippen LogP) is 11.4. The van der Waals surface area contributed by atoms with Crippen molar-refractivity contribution in [1.82, 2.24) is 5.06 Å². The Morgan fingerprint density at radius 1 is 0.714 bits per heavy atom. The van der Waals surface area contributed by atoms with Gasteiger partial charge in [0.05, 0.1) is 43.7 Å². The Balaban J connectivity index is 4.32. The molecule has 9 nitrogen and oxygen atoms in total. The van der Waals surface area contributed by atoms with Crippen molar-refractivity contribution in [3.05, 3.63) is 12.2 Å². The lowest BCUT2D eigenvalue weighted by Gasteiger charge is -2.46. The van der Waals surface area contributed by atoms with Gasteiger partial charge >= 0.3 is 0 Å². The number of amides is 1. The third-order valence-corrected chi connectivity index (χ3v) is 32.3. The van der Waals surface area contributed by atoms with Crippen molar-refractivity contribution in [2.45, 2.75) is 207 Å². The number of ketones is 1. The highest BCUT2D eigenvalue weighted by Gasteiger charge is 2.65. The maximum atomic E-state index is 16.1. The molecular formula is C43H89NO8Si4. The Hall–Kier alpha value is -0.492. The summed E-state index contributed by atoms with van der Waals surface area (Å²) in [6.07, 6.45) is 2.67. The quantitative estimate of drug-likeness (QED) is 0.0517. The summed E-state index contributed by atoms with van der Waals surface area (Å²) in [6, 6.07) is 0. The molecule has 0 bridgehead atoms. The van der Waals surface area contributed by atoms with Gasteiger partial charge in [-0.25, -0.2) is 5.06 Å². The van der Waals surface area contributed by atoms with Gasteiger partial charge in [0.15, 0.2) is 33.3 Å². The van der Waals surface area contributed by atoms with E-state index in [9.17, 15) is 4.79 Å². The van der Waals surface area contributed by atoms with Crippen LogP contribution in [0.3, 0.4) is 0 Å². The van der Waals surface area contributed by atoms with Crippen LogP contribution in [0, 0.1) is 17.8 Å². The zero-order chi connectivity index (χ0) is 44.5. The number of nitrogens with zero attached hydrogens (tertiary/aromatic N) is 1. The number of epoxide rings is 1. The first-order chi connectivity index (χ1) is 24.7. The highest BCUT2D eigenvalue weighted by Crippen LogP contribution is 2.52. The van der Waals surface area contributed by atoms with E-state index in [2.05, 4.69) is 161 Å². The van der Waals surface area contributed by atoms with E-state index in [-0.39, 0.29) is 63.5 Å². The molecule has 1 unspecified atom stereocenters. The molecule has 1 aliphatic rings. The molecule has 56 heavy (non-hydrogen) atoms. The van der Waals surface area contributed by atoms with Gasteiger partial charge in [0.1, 0.15) is 11.4 Å². The number of carbonyl (C=O) groups is 2. The molecule has 0 radical (unpaired) electrons. The number of hydrogen-bond donors (Lipinski definition) is 0. The van der Waals surface area contributed by atoms with Gasteiger partial charge in [-0.15, -0.1) is 0 Å². The van der Waals surface area contributed by atoms with E-state index in [1.807, 2.05) is 6.92 Å². The average molecular weight is 861 g/mol. The number of allylic oxidation sites excluding steroid dienone is 1. The summed E-state index contributed by atoms with van der Waals surface area (Å²) in [4.78, 5) is 35.4. The van der Waals surface area contributed by atoms with E-state index in [1.54, 1.807) is 7.05 Å². The van der Waals surface area contributed by atoms with Gasteiger partial charge in [-0.2, -0.15) is 0 Å². The van der Waals surface area contributed by atoms with Crippen molar-refractivity contribution >= 4 is 45.0 Å². The number of hydroxylamine groups is 2. The largest absolute Gasteiger partial charge is 0.416 e. The lowest BCUT2D eigenvalue weighted by molar-refractivity contribution is -0.171. The lowest BCUT2D eigenvalue weighted by atomic mass is 9.79. The van der Waals surface area contributed by atoms with Gasteiger partial charge < -0.3 is 22.4 Å². The lowest BCUT2D eigenvalue weighted by Crippen LogP contribution is -2.57. The predicted molar refractivity (Wildman–Crippen MR) is 244 cm³/mol. The molecule has 1 fully saturated rings. The molecular weight excluding hydrogens is 771 g/mol. The van der Waals surface area contributed by atoms with Crippen LogP contribution >= 0.6 is 0 Å². The molecule has 0 aliphatic carbocycles. The second-order valence-corrected chi connectivity index (χ2v) is 42.0. The summed E-state index contributed by atoms with van der Waals surface area (Å²) in [5, 5.41) is 0.721. The number of carbonyl (C=O) groups excluding carboxylic acids is 2. The molecule has 13 heteroatoms. The van der Waals surface area contributed by atoms with Crippen LogP contribution in [0.1, 0.15) is 110 Å². The molecule has 330 valence electrons. The molecule has 1 rings (SSSR count). The van der Waals surface area contributed by atoms with Gasteiger partial charge in [0, 0.05) is 26.2 Å². The first-order valence-electron chi connectivity index (χ1n) is 21.0. The van der Waals surface area contributed by atoms with Crippen molar-refractivity contribution in [1.29, 1.82) is 0 Å². The fourth-order valence-electron chi connectivity index (χ4n) is 5.81.